The van der Waals surface area contributed by atoms with Crippen molar-refractivity contribution in [3.63, 3.8) is 0 Å². The van der Waals surface area contributed by atoms with Gasteiger partial charge in [0.2, 0.25) is 5.91 Å². The van der Waals surface area contributed by atoms with Crippen LogP contribution in [0.2, 0.25) is 0 Å². The Kier molecular flexibility index (Phi) is 4.71. The number of hydrogen-bond acceptors (Lipinski definition) is 6. The first-order valence-corrected chi connectivity index (χ1v) is 9.15. The Morgan fingerprint density at radius 1 is 1.07 bits per heavy atom. The molecule has 1 unspecified atom stereocenters. The molecule has 3 heterocycles. The second-order valence-electron chi connectivity index (χ2n) is 6.11. The molecule has 0 saturated heterocycles. The quantitative estimate of drug-likeness (QED) is 0.547. The van der Waals surface area contributed by atoms with E-state index in [-0.39, 0.29) is 10.8 Å². The number of nitrogens with zero attached hydrogens (tertiary/aromatic N) is 4. The lowest BCUT2D eigenvalue weighted by molar-refractivity contribution is -0.141. The Labute approximate surface area is 166 Å². The molecule has 146 valence electrons. The number of aromatic nitrogens is 4. The van der Waals surface area contributed by atoms with Crippen molar-refractivity contribution < 1.29 is 18.0 Å². The average Bonchev–Trinajstić information content (AvgIpc) is 3.10. The molecule has 1 amide bonds. The number of halogens is 3. The molecule has 0 fully saturated rings. The maximum Gasteiger partial charge on any atom is 0.433 e. The molecule has 6 nitrogen and oxygen atoms in total. The lowest BCUT2D eigenvalue weighted by Gasteiger charge is -2.11. The molecule has 0 aliphatic rings. The zero-order valence-electron chi connectivity index (χ0n) is 14.6. The first-order valence-electron chi connectivity index (χ1n) is 8.33. The van der Waals surface area contributed by atoms with Crippen LogP contribution in [0, 0.1) is 0 Å². The third-order valence-electron chi connectivity index (χ3n) is 4.15. The zero-order valence-corrected chi connectivity index (χ0v) is 15.4. The van der Waals surface area contributed by atoms with Crippen molar-refractivity contribution >= 4 is 27.5 Å². The van der Waals surface area contributed by atoms with Crippen LogP contribution in [0.15, 0.2) is 55.0 Å². The fourth-order valence-electron chi connectivity index (χ4n) is 2.81. The standard InChI is InChI=1S/C19H12F3N5OS/c20-19(21,22)14-5-7-25-17(27-14)15(16(23)28)18-26-12-4-3-10(8-13(12)29-18)11-2-1-6-24-9-11/h1-9,15H,(H2,23,28). The highest BCUT2D eigenvalue weighted by Crippen LogP contribution is 2.34. The summed E-state index contributed by atoms with van der Waals surface area (Å²) >= 11 is 1.16. The summed E-state index contributed by atoms with van der Waals surface area (Å²) < 4.78 is 39.7. The van der Waals surface area contributed by atoms with Crippen molar-refractivity contribution in [1.29, 1.82) is 0 Å². The van der Waals surface area contributed by atoms with Gasteiger partial charge < -0.3 is 5.73 Å². The Morgan fingerprint density at radius 3 is 2.59 bits per heavy atom. The minimum absolute atomic E-state index is 0.232. The van der Waals surface area contributed by atoms with Gasteiger partial charge in [0.05, 0.1) is 10.2 Å². The summed E-state index contributed by atoms with van der Waals surface area (Å²) in [5.41, 5.74) is 6.70. The monoisotopic (exact) mass is 415 g/mol. The minimum Gasteiger partial charge on any atom is -0.369 e. The zero-order chi connectivity index (χ0) is 20.6. The maximum absolute atomic E-state index is 13.0. The summed E-state index contributed by atoms with van der Waals surface area (Å²) in [6, 6.07) is 9.94. The van der Waals surface area contributed by atoms with Crippen LogP contribution in [0.25, 0.3) is 21.3 Å². The molecule has 4 aromatic rings. The van der Waals surface area contributed by atoms with Crippen LogP contribution in [-0.4, -0.2) is 25.8 Å². The van der Waals surface area contributed by atoms with Crippen LogP contribution in [0.1, 0.15) is 22.4 Å². The number of thiazole rings is 1. The molecule has 4 rings (SSSR count). The van der Waals surface area contributed by atoms with Crippen molar-refractivity contribution in [2.24, 2.45) is 5.73 Å². The summed E-state index contributed by atoms with van der Waals surface area (Å²) in [4.78, 5) is 27.8. The number of carbonyl (C=O) groups is 1. The van der Waals surface area contributed by atoms with Gasteiger partial charge in [-0.1, -0.05) is 12.1 Å². The van der Waals surface area contributed by atoms with Gasteiger partial charge in [-0.15, -0.1) is 11.3 Å². The van der Waals surface area contributed by atoms with Crippen LogP contribution < -0.4 is 5.73 Å². The van der Waals surface area contributed by atoms with E-state index in [1.165, 1.54) is 0 Å². The molecule has 0 aliphatic heterocycles. The number of alkyl halides is 3. The van der Waals surface area contributed by atoms with E-state index in [1.54, 1.807) is 18.5 Å². The van der Waals surface area contributed by atoms with Crippen molar-refractivity contribution in [2.75, 3.05) is 0 Å². The highest BCUT2D eigenvalue weighted by molar-refractivity contribution is 7.18. The lowest BCUT2D eigenvalue weighted by Crippen LogP contribution is -2.25. The van der Waals surface area contributed by atoms with Crippen molar-refractivity contribution in [3.8, 4) is 11.1 Å². The Balaban J connectivity index is 1.78. The molecule has 0 aliphatic carbocycles. The van der Waals surface area contributed by atoms with Gasteiger partial charge in [0.1, 0.15) is 22.4 Å². The van der Waals surface area contributed by atoms with Gasteiger partial charge in [0.15, 0.2) is 0 Å². The molecule has 1 aromatic carbocycles. The van der Waals surface area contributed by atoms with Crippen molar-refractivity contribution in [3.05, 3.63) is 71.5 Å². The van der Waals surface area contributed by atoms with Crippen LogP contribution in [0.3, 0.4) is 0 Å². The fraction of sp³-hybridized carbons (Fsp3) is 0.105. The van der Waals surface area contributed by atoms with E-state index in [0.717, 1.165) is 39.4 Å². The number of pyridine rings is 1. The van der Waals surface area contributed by atoms with Gasteiger partial charge in [0.25, 0.3) is 0 Å². The van der Waals surface area contributed by atoms with E-state index in [2.05, 4.69) is 19.9 Å². The molecule has 29 heavy (non-hydrogen) atoms. The number of amides is 1. The highest BCUT2D eigenvalue weighted by atomic mass is 32.1. The highest BCUT2D eigenvalue weighted by Gasteiger charge is 2.35. The summed E-state index contributed by atoms with van der Waals surface area (Å²) in [6.07, 6.45) is -0.327. The number of primary amides is 1. The molecule has 10 heteroatoms. The smallest absolute Gasteiger partial charge is 0.369 e. The second-order valence-corrected chi connectivity index (χ2v) is 7.17. The number of benzene rings is 1. The van der Waals surface area contributed by atoms with E-state index in [4.69, 9.17) is 5.73 Å². The Morgan fingerprint density at radius 2 is 1.90 bits per heavy atom. The predicted octanol–water partition coefficient (Wildman–Crippen LogP) is 3.78. The molecule has 3 aromatic heterocycles. The van der Waals surface area contributed by atoms with Crippen molar-refractivity contribution in [1.82, 2.24) is 19.9 Å². The fourth-order valence-corrected chi connectivity index (χ4v) is 3.92. The van der Waals surface area contributed by atoms with Crippen molar-refractivity contribution in [2.45, 2.75) is 12.1 Å². The second kappa shape index (κ2) is 7.21. The number of rotatable bonds is 4. The topological polar surface area (TPSA) is 94.7 Å². The van der Waals surface area contributed by atoms with E-state index in [9.17, 15) is 18.0 Å². The van der Waals surface area contributed by atoms with Gasteiger partial charge in [-0.05, 0) is 29.8 Å². The molecular weight excluding hydrogens is 403 g/mol. The average molecular weight is 415 g/mol. The number of hydrogen-bond donors (Lipinski definition) is 1. The van der Waals surface area contributed by atoms with E-state index >= 15 is 0 Å². The van der Waals surface area contributed by atoms with E-state index in [1.807, 2.05) is 24.3 Å². The number of carbonyl (C=O) groups excluding carboxylic acids is 1. The Bertz CT molecular complexity index is 1190. The molecule has 0 bridgehead atoms. The summed E-state index contributed by atoms with van der Waals surface area (Å²) in [6.45, 7) is 0. The first kappa shape index (κ1) is 18.9. The number of fused-ring (bicyclic) bond motifs is 1. The molecule has 0 radical (unpaired) electrons. The molecule has 1 atom stereocenters. The SMILES string of the molecule is NC(=O)C(c1nccc(C(F)(F)F)n1)c1nc2ccc(-c3cccnc3)cc2s1. The minimum atomic E-state index is -4.66. The maximum atomic E-state index is 13.0. The molecule has 0 spiro atoms. The normalized spacial score (nSPS) is 12.8. The van der Waals surface area contributed by atoms with Gasteiger partial charge in [-0.3, -0.25) is 9.78 Å². The molecule has 0 saturated carbocycles. The van der Waals surface area contributed by atoms with Gasteiger partial charge in [0, 0.05) is 24.2 Å². The van der Waals surface area contributed by atoms with Gasteiger partial charge in [-0.25, -0.2) is 15.0 Å². The molecule has 2 N–H and O–H groups in total. The first-order chi connectivity index (χ1) is 13.8. The van der Waals surface area contributed by atoms with Crippen LogP contribution >= 0.6 is 11.3 Å². The third kappa shape index (κ3) is 3.79. The predicted molar refractivity (Wildman–Crippen MR) is 101 cm³/mol. The Hall–Kier alpha value is -3.40. The van der Waals surface area contributed by atoms with E-state index in [0.29, 0.717) is 5.52 Å². The molecular formula is C19H12F3N5OS. The number of nitrogens with two attached hydrogens (primary N) is 1. The van der Waals surface area contributed by atoms with Crippen LogP contribution in [0.5, 0.6) is 0 Å². The van der Waals surface area contributed by atoms with E-state index < -0.39 is 23.7 Å². The lowest BCUT2D eigenvalue weighted by atomic mass is 10.1. The van der Waals surface area contributed by atoms with Crippen LogP contribution in [-0.2, 0) is 11.0 Å². The largest absolute Gasteiger partial charge is 0.433 e. The summed E-state index contributed by atoms with van der Waals surface area (Å²) in [5, 5.41) is 0.232. The summed E-state index contributed by atoms with van der Waals surface area (Å²) in [7, 11) is 0. The van der Waals surface area contributed by atoms with Crippen LogP contribution in [0.4, 0.5) is 13.2 Å². The van der Waals surface area contributed by atoms with Gasteiger partial charge >= 0.3 is 6.18 Å². The third-order valence-corrected chi connectivity index (χ3v) is 5.24. The summed E-state index contributed by atoms with van der Waals surface area (Å²) in [5.74, 6) is -2.49. The van der Waals surface area contributed by atoms with Gasteiger partial charge in [-0.2, -0.15) is 13.2 Å².